The van der Waals surface area contributed by atoms with Crippen molar-refractivity contribution >= 4 is 30.7 Å². The molecular weight excluding hydrogens is 325 g/mol. The van der Waals surface area contributed by atoms with Crippen LogP contribution < -0.4 is 5.32 Å². The third-order valence-corrected chi connectivity index (χ3v) is 4.30. The molecule has 1 amide bonds. The maximum atomic E-state index is 12.3. The zero-order valence-corrected chi connectivity index (χ0v) is 14.3. The topological polar surface area (TPSA) is 64.3 Å². The molecule has 2 aliphatic heterocycles. The van der Waals surface area contributed by atoms with Gasteiger partial charge in [0.1, 0.15) is 0 Å². The molecule has 3 heterocycles. The standard InChI is InChI=1S/C14H23N5O.2ClH/c20-14(19-8-5-15-6-9-19)11-18-7-1-2-12(10-18)13-3-4-16-17-13;;/h3-4,12,15H,1-2,5-11H2,(H,16,17);2*1H. The van der Waals surface area contributed by atoms with Crippen LogP contribution in [-0.2, 0) is 4.79 Å². The molecule has 0 spiro atoms. The fourth-order valence-electron chi connectivity index (χ4n) is 3.15. The van der Waals surface area contributed by atoms with Crippen molar-refractivity contribution in [1.82, 2.24) is 25.3 Å². The van der Waals surface area contributed by atoms with E-state index in [1.165, 1.54) is 12.1 Å². The molecule has 8 heteroatoms. The number of aromatic nitrogens is 2. The average molecular weight is 350 g/mol. The van der Waals surface area contributed by atoms with Crippen LogP contribution in [0, 0.1) is 0 Å². The van der Waals surface area contributed by atoms with Gasteiger partial charge in [-0.05, 0) is 25.5 Å². The molecule has 1 unspecified atom stereocenters. The molecule has 22 heavy (non-hydrogen) atoms. The van der Waals surface area contributed by atoms with E-state index in [2.05, 4.69) is 20.4 Å². The van der Waals surface area contributed by atoms with Gasteiger partial charge in [0.05, 0.1) is 6.54 Å². The van der Waals surface area contributed by atoms with Crippen molar-refractivity contribution < 1.29 is 4.79 Å². The SMILES string of the molecule is Cl.Cl.O=C(CN1CCCC(c2ccn[nH]2)C1)N1CCNCC1. The van der Waals surface area contributed by atoms with Crippen molar-refractivity contribution in [2.75, 3.05) is 45.8 Å². The number of carbonyl (C=O) groups is 1. The molecule has 2 saturated heterocycles. The van der Waals surface area contributed by atoms with Crippen molar-refractivity contribution in [3.63, 3.8) is 0 Å². The number of hydrogen-bond acceptors (Lipinski definition) is 4. The molecule has 0 aromatic carbocycles. The quantitative estimate of drug-likeness (QED) is 0.849. The number of likely N-dealkylation sites (tertiary alicyclic amines) is 1. The third kappa shape index (κ3) is 4.84. The molecule has 126 valence electrons. The van der Waals surface area contributed by atoms with E-state index in [0.29, 0.717) is 12.5 Å². The summed E-state index contributed by atoms with van der Waals surface area (Å²) in [6.07, 6.45) is 4.14. The van der Waals surface area contributed by atoms with E-state index in [1.54, 1.807) is 6.20 Å². The fraction of sp³-hybridized carbons (Fsp3) is 0.714. The Morgan fingerprint density at radius 2 is 2.05 bits per heavy atom. The van der Waals surface area contributed by atoms with Gasteiger partial charge in [0.25, 0.3) is 0 Å². The Morgan fingerprint density at radius 3 is 2.73 bits per heavy atom. The van der Waals surface area contributed by atoms with Gasteiger partial charge in [-0.2, -0.15) is 5.10 Å². The molecular formula is C14H25Cl2N5O. The maximum Gasteiger partial charge on any atom is 0.236 e. The molecule has 2 fully saturated rings. The maximum absolute atomic E-state index is 12.3. The number of piperazine rings is 1. The zero-order chi connectivity index (χ0) is 13.8. The number of halogens is 2. The summed E-state index contributed by atoms with van der Waals surface area (Å²) in [6, 6.07) is 2.05. The summed E-state index contributed by atoms with van der Waals surface area (Å²) in [4.78, 5) is 16.6. The Hall–Kier alpha value is -0.820. The molecule has 0 saturated carbocycles. The minimum Gasteiger partial charge on any atom is -0.339 e. The number of piperidine rings is 1. The van der Waals surface area contributed by atoms with E-state index in [9.17, 15) is 4.79 Å². The number of rotatable bonds is 3. The Kier molecular flexibility index (Phi) is 8.17. The van der Waals surface area contributed by atoms with Gasteiger partial charge in [-0.1, -0.05) is 0 Å². The summed E-state index contributed by atoms with van der Waals surface area (Å²) in [5.41, 5.74) is 1.20. The summed E-state index contributed by atoms with van der Waals surface area (Å²) in [6.45, 7) is 6.07. The number of aromatic amines is 1. The van der Waals surface area contributed by atoms with E-state index in [0.717, 1.165) is 45.7 Å². The first-order chi connectivity index (χ1) is 9.83. The molecule has 6 nitrogen and oxygen atoms in total. The molecule has 1 atom stereocenters. The summed E-state index contributed by atoms with van der Waals surface area (Å²) in [7, 11) is 0. The van der Waals surface area contributed by atoms with Crippen molar-refractivity contribution in [2.45, 2.75) is 18.8 Å². The normalized spacial score (nSPS) is 22.5. The van der Waals surface area contributed by atoms with Crippen LogP contribution in [0.5, 0.6) is 0 Å². The van der Waals surface area contributed by atoms with Crippen LogP contribution in [0.3, 0.4) is 0 Å². The average Bonchev–Trinajstić information content (AvgIpc) is 3.03. The van der Waals surface area contributed by atoms with E-state index in [1.807, 2.05) is 11.0 Å². The highest BCUT2D eigenvalue weighted by atomic mass is 35.5. The molecule has 3 rings (SSSR count). The highest BCUT2D eigenvalue weighted by molar-refractivity contribution is 5.85. The Bertz CT molecular complexity index is 436. The van der Waals surface area contributed by atoms with E-state index in [-0.39, 0.29) is 30.7 Å². The highest BCUT2D eigenvalue weighted by Gasteiger charge is 2.25. The second-order valence-electron chi connectivity index (χ2n) is 5.72. The molecule has 0 bridgehead atoms. The smallest absolute Gasteiger partial charge is 0.236 e. The van der Waals surface area contributed by atoms with Crippen LogP contribution in [0.2, 0.25) is 0 Å². The lowest BCUT2D eigenvalue weighted by molar-refractivity contribution is -0.133. The van der Waals surface area contributed by atoms with E-state index < -0.39 is 0 Å². The van der Waals surface area contributed by atoms with Crippen molar-refractivity contribution in [2.24, 2.45) is 0 Å². The number of amides is 1. The third-order valence-electron chi connectivity index (χ3n) is 4.30. The van der Waals surface area contributed by atoms with Gasteiger partial charge in [-0.3, -0.25) is 14.8 Å². The minimum absolute atomic E-state index is 0. The first kappa shape index (κ1) is 19.2. The summed E-state index contributed by atoms with van der Waals surface area (Å²) in [5, 5.41) is 10.4. The van der Waals surface area contributed by atoms with Crippen molar-refractivity contribution in [3.05, 3.63) is 18.0 Å². The second kappa shape index (κ2) is 9.35. The molecule has 2 aliphatic rings. The van der Waals surface area contributed by atoms with Gasteiger partial charge < -0.3 is 10.2 Å². The number of carbonyl (C=O) groups excluding carboxylic acids is 1. The van der Waals surface area contributed by atoms with Crippen molar-refractivity contribution in [3.8, 4) is 0 Å². The van der Waals surface area contributed by atoms with Gasteiger partial charge in [0, 0.05) is 50.5 Å². The number of H-pyrrole nitrogens is 1. The predicted octanol–water partition coefficient (Wildman–Crippen LogP) is 0.864. The minimum atomic E-state index is 0. The van der Waals surface area contributed by atoms with Crippen LogP contribution in [0.15, 0.2) is 12.3 Å². The predicted molar refractivity (Wildman–Crippen MR) is 90.9 cm³/mol. The first-order valence-corrected chi connectivity index (χ1v) is 7.53. The van der Waals surface area contributed by atoms with Crippen LogP contribution in [0.1, 0.15) is 24.5 Å². The second-order valence-corrected chi connectivity index (χ2v) is 5.72. The number of nitrogens with one attached hydrogen (secondary N) is 2. The molecule has 1 aromatic rings. The Balaban J connectivity index is 0.00000121. The fourth-order valence-corrected chi connectivity index (χ4v) is 3.15. The summed E-state index contributed by atoms with van der Waals surface area (Å²) >= 11 is 0. The molecule has 1 aromatic heterocycles. The van der Waals surface area contributed by atoms with Gasteiger partial charge in [-0.25, -0.2) is 0 Å². The van der Waals surface area contributed by atoms with Crippen molar-refractivity contribution in [1.29, 1.82) is 0 Å². The van der Waals surface area contributed by atoms with Crippen LogP contribution in [-0.4, -0.2) is 71.7 Å². The highest BCUT2D eigenvalue weighted by Crippen LogP contribution is 2.25. The first-order valence-electron chi connectivity index (χ1n) is 7.53. The van der Waals surface area contributed by atoms with Gasteiger partial charge in [-0.15, -0.1) is 24.8 Å². The number of hydrogen-bond donors (Lipinski definition) is 2. The van der Waals surface area contributed by atoms with E-state index in [4.69, 9.17) is 0 Å². The Morgan fingerprint density at radius 1 is 1.27 bits per heavy atom. The van der Waals surface area contributed by atoms with Gasteiger partial charge >= 0.3 is 0 Å². The molecule has 0 radical (unpaired) electrons. The zero-order valence-electron chi connectivity index (χ0n) is 12.7. The van der Waals surface area contributed by atoms with Crippen LogP contribution >= 0.6 is 24.8 Å². The van der Waals surface area contributed by atoms with Crippen LogP contribution in [0.4, 0.5) is 0 Å². The monoisotopic (exact) mass is 349 g/mol. The summed E-state index contributed by atoms with van der Waals surface area (Å²) in [5.74, 6) is 0.763. The Labute approximate surface area is 143 Å². The molecule has 0 aliphatic carbocycles. The largest absolute Gasteiger partial charge is 0.339 e. The lowest BCUT2D eigenvalue weighted by atomic mass is 9.95. The number of nitrogens with zero attached hydrogens (tertiary/aromatic N) is 3. The van der Waals surface area contributed by atoms with Gasteiger partial charge in [0.2, 0.25) is 5.91 Å². The lowest BCUT2D eigenvalue weighted by Crippen LogP contribution is -2.50. The van der Waals surface area contributed by atoms with E-state index >= 15 is 0 Å². The van der Waals surface area contributed by atoms with Crippen LogP contribution in [0.25, 0.3) is 0 Å². The molecule has 2 N–H and O–H groups in total. The summed E-state index contributed by atoms with van der Waals surface area (Å²) < 4.78 is 0. The van der Waals surface area contributed by atoms with Gasteiger partial charge in [0.15, 0.2) is 0 Å². The lowest BCUT2D eigenvalue weighted by Gasteiger charge is -2.34.